The number of aliphatic hydroxyl groups is 1. The molecule has 1 aliphatic rings. The maximum absolute atomic E-state index is 13.8. The molecule has 2 atom stereocenters. The highest BCUT2D eigenvalue weighted by Gasteiger charge is 2.39. The van der Waals surface area contributed by atoms with Crippen molar-refractivity contribution in [3.05, 3.63) is 35.4 Å². The van der Waals surface area contributed by atoms with E-state index in [0.29, 0.717) is 6.42 Å². The lowest BCUT2D eigenvalue weighted by Crippen LogP contribution is -2.47. The average Bonchev–Trinajstić information content (AvgIpc) is 2.53. The fraction of sp³-hybridized carbons (Fsp3) is 0.556. The molecule has 0 aromatic heterocycles. The summed E-state index contributed by atoms with van der Waals surface area (Å²) < 4.78 is 27.1. The minimum atomic E-state index is -1.82. The van der Waals surface area contributed by atoms with Gasteiger partial charge in [0.1, 0.15) is 11.6 Å². The molecule has 6 nitrogen and oxygen atoms in total. The fourth-order valence-corrected chi connectivity index (χ4v) is 3.24. The zero-order valence-corrected chi connectivity index (χ0v) is 14.9. The van der Waals surface area contributed by atoms with Crippen molar-refractivity contribution in [1.82, 2.24) is 4.90 Å². The first-order valence-electron chi connectivity index (χ1n) is 8.32. The third kappa shape index (κ3) is 6.68. The highest BCUT2D eigenvalue weighted by molar-refractivity contribution is 6.27. The summed E-state index contributed by atoms with van der Waals surface area (Å²) in [5.41, 5.74) is -0.657. The van der Waals surface area contributed by atoms with Gasteiger partial charge in [-0.05, 0) is 50.7 Å². The molecule has 0 aliphatic heterocycles. The van der Waals surface area contributed by atoms with E-state index in [2.05, 4.69) is 0 Å². The van der Waals surface area contributed by atoms with Crippen molar-refractivity contribution >= 4 is 11.9 Å². The molecule has 0 saturated heterocycles. The summed E-state index contributed by atoms with van der Waals surface area (Å²) in [4.78, 5) is 20.2. The van der Waals surface area contributed by atoms with Gasteiger partial charge in [-0.25, -0.2) is 18.4 Å². The second-order valence-corrected chi connectivity index (χ2v) is 6.83. The number of rotatable bonds is 4. The fourth-order valence-electron chi connectivity index (χ4n) is 3.24. The molecule has 0 amide bonds. The Labute approximate surface area is 151 Å². The molecule has 1 aliphatic carbocycles. The molecule has 0 bridgehead atoms. The Bertz CT molecular complexity index is 626. The number of benzene rings is 1. The van der Waals surface area contributed by atoms with Crippen LogP contribution in [0.5, 0.6) is 0 Å². The monoisotopic (exact) mass is 373 g/mol. The van der Waals surface area contributed by atoms with E-state index in [4.69, 9.17) is 19.8 Å². The van der Waals surface area contributed by atoms with Gasteiger partial charge in [0.25, 0.3) is 0 Å². The first kappa shape index (κ1) is 22.0. The Morgan fingerprint density at radius 1 is 1.19 bits per heavy atom. The van der Waals surface area contributed by atoms with Crippen LogP contribution in [-0.2, 0) is 16.0 Å². The molecule has 0 radical (unpaired) electrons. The van der Waals surface area contributed by atoms with Gasteiger partial charge in [-0.3, -0.25) is 0 Å². The van der Waals surface area contributed by atoms with E-state index < -0.39 is 29.2 Å². The first-order valence-corrected chi connectivity index (χ1v) is 8.32. The van der Waals surface area contributed by atoms with Gasteiger partial charge in [-0.15, -0.1) is 0 Å². The van der Waals surface area contributed by atoms with Crippen molar-refractivity contribution in [2.24, 2.45) is 5.92 Å². The minimum Gasteiger partial charge on any atom is -0.473 e. The van der Waals surface area contributed by atoms with Crippen LogP contribution in [0.25, 0.3) is 0 Å². The average molecular weight is 373 g/mol. The van der Waals surface area contributed by atoms with Gasteiger partial charge in [0.05, 0.1) is 5.60 Å². The van der Waals surface area contributed by atoms with Crippen LogP contribution in [0.15, 0.2) is 18.2 Å². The lowest BCUT2D eigenvalue weighted by Gasteiger charge is -2.41. The third-order valence-corrected chi connectivity index (χ3v) is 4.45. The molecule has 8 heteroatoms. The number of nitrogens with zero attached hydrogens (tertiary/aromatic N) is 1. The van der Waals surface area contributed by atoms with Gasteiger partial charge < -0.3 is 20.2 Å². The maximum atomic E-state index is 13.8. The van der Waals surface area contributed by atoms with Crippen molar-refractivity contribution < 1.29 is 33.7 Å². The zero-order valence-electron chi connectivity index (χ0n) is 14.9. The molecule has 0 spiro atoms. The minimum absolute atomic E-state index is 0.105. The van der Waals surface area contributed by atoms with Gasteiger partial charge in [-0.2, -0.15) is 0 Å². The van der Waals surface area contributed by atoms with Crippen molar-refractivity contribution in [1.29, 1.82) is 0 Å². The first-order chi connectivity index (χ1) is 12.0. The van der Waals surface area contributed by atoms with Gasteiger partial charge in [-0.1, -0.05) is 12.8 Å². The van der Waals surface area contributed by atoms with E-state index in [0.717, 1.165) is 37.9 Å². The molecule has 0 unspecified atom stereocenters. The second kappa shape index (κ2) is 9.59. The van der Waals surface area contributed by atoms with Gasteiger partial charge in [0.2, 0.25) is 0 Å². The molecule has 2 rings (SSSR count). The van der Waals surface area contributed by atoms with Crippen molar-refractivity contribution in [2.75, 3.05) is 20.6 Å². The Morgan fingerprint density at radius 2 is 1.81 bits per heavy atom. The van der Waals surface area contributed by atoms with Crippen LogP contribution in [0.2, 0.25) is 0 Å². The van der Waals surface area contributed by atoms with Crippen LogP contribution in [0, 0.1) is 17.6 Å². The topological polar surface area (TPSA) is 98.1 Å². The molecular weight excluding hydrogens is 348 g/mol. The Balaban J connectivity index is 0.000000487. The van der Waals surface area contributed by atoms with E-state index in [-0.39, 0.29) is 17.9 Å². The van der Waals surface area contributed by atoms with Crippen LogP contribution < -0.4 is 0 Å². The van der Waals surface area contributed by atoms with Crippen molar-refractivity contribution in [3.8, 4) is 0 Å². The number of carboxylic acids is 2. The predicted molar refractivity (Wildman–Crippen MR) is 90.8 cm³/mol. The van der Waals surface area contributed by atoms with Gasteiger partial charge in [0, 0.05) is 18.9 Å². The lowest BCUT2D eigenvalue weighted by molar-refractivity contribution is -0.159. The lowest BCUT2D eigenvalue weighted by atomic mass is 9.72. The predicted octanol–water partition coefficient (Wildman–Crippen LogP) is 2.15. The van der Waals surface area contributed by atoms with Crippen LogP contribution in [-0.4, -0.2) is 58.4 Å². The van der Waals surface area contributed by atoms with Gasteiger partial charge >= 0.3 is 11.9 Å². The van der Waals surface area contributed by atoms with Gasteiger partial charge in [0.15, 0.2) is 0 Å². The van der Waals surface area contributed by atoms with Crippen molar-refractivity contribution in [3.63, 3.8) is 0 Å². The number of carboxylic acid groups (broad SMARTS) is 2. The second-order valence-electron chi connectivity index (χ2n) is 6.83. The summed E-state index contributed by atoms with van der Waals surface area (Å²) in [6, 6.07) is 3.45. The Kier molecular flexibility index (Phi) is 8.10. The van der Waals surface area contributed by atoms with Crippen LogP contribution in [0.1, 0.15) is 31.2 Å². The Hall–Kier alpha value is -2.06. The standard InChI is InChI=1S/C16H23F2NO.C2H2O4/c1-19(2)11-13-5-3-4-8-16(13,20)10-12-9-14(17)6-7-15(12)18;3-1(4)2(5)6/h6-7,9,13,20H,3-5,8,10-11H2,1-2H3;(H,3,4)(H,5,6)/t13-,16-;/m0./s1. The molecule has 26 heavy (non-hydrogen) atoms. The summed E-state index contributed by atoms with van der Waals surface area (Å²) in [7, 11) is 3.94. The molecule has 1 fully saturated rings. The number of carbonyl (C=O) groups is 2. The number of hydrogen-bond donors (Lipinski definition) is 3. The summed E-state index contributed by atoms with van der Waals surface area (Å²) in [5.74, 6) is -4.43. The normalized spacial score (nSPS) is 22.5. The SMILES string of the molecule is CN(C)C[C@@H]1CCCC[C@]1(O)Cc1cc(F)ccc1F.O=C(O)C(=O)O. The molecule has 1 saturated carbocycles. The largest absolute Gasteiger partial charge is 0.473 e. The summed E-state index contributed by atoms with van der Waals surface area (Å²) >= 11 is 0. The number of hydrogen-bond acceptors (Lipinski definition) is 4. The summed E-state index contributed by atoms with van der Waals surface area (Å²) in [5, 5.41) is 25.7. The van der Waals surface area contributed by atoms with Crippen LogP contribution >= 0.6 is 0 Å². The zero-order chi connectivity index (χ0) is 19.9. The molecule has 3 N–H and O–H groups in total. The summed E-state index contributed by atoms with van der Waals surface area (Å²) in [6.07, 6.45) is 3.81. The number of aliphatic carboxylic acids is 2. The van der Waals surface area contributed by atoms with Crippen LogP contribution in [0.3, 0.4) is 0 Å². The highest BCUT2D eigenvalue weighted by Crippen LogP contribution is 2.37. The quantitative estimate of drug-likeness (QED) is 0.700. The van der Waals surface area contributed by atoms with Crippen molar-refractivity contribution in [2.45, 2.75) is 37.7 Å². The molecule has 1 aromatic rings. The van der Waals surface area contributed by atoms with E-state index in [1.165, 1.54) is 6.07 Å². The maximum Gasteiger partial charge on any atom is 0.414 e. The van der Waals surface area contributed by atoms with Crippen LogP contribution in [0.4, 0.5) is 8.78 Å². The van der Waals surface area contributed by atoms with E-state index in [9.17, 15) is 13.9 Å². The molecule has 146 valence electrons. The van der Waals surface area contributed by atoms with E-state index >= 15 is 0 Å². The number of halogens is 2. The molecule has 0 heterocycles. The third-order valence-electron chi connectivity index (χ3n) is 4.45. The van der Waals surface area contributed by atoms with E-state index in [1.807, 2.05) is 19.0 Å². The Morgan fingerprint density at radius 3 is 2.35 bits per heavy atom. The highest BCUT2D eigenvalue weighted by atomic mass is 19.1. The smallest absolute Gasteiger partial charge is 0.414 e. The molecule has 1 aromatic carbocycles. The van der Waals surface area contributed by atoms with E-state index in [1.54, 1.807) is 0 Å². The molecular formula is C18H25F2NO5. The summed E-state index contributed by atoms with van der Waals surface area (Å²) in [6.45, 7) is 0.771.